The van der Waals surface area contributed by atoms with Crippen LogP contribution in [0.25, 0.3) is 11.5 Å². The van der Waals surface area contributed by atoms with Gasteiger partial charge in [0, 0.05) is 5.92 Å². The van der Waals surface area contributed by atoms with Crippen LogP contribution in [0.1, 0.15) is 62.1 Å². The molecular formula is C26H30N4O4. The molecule has 34 heavy (non-hydrogen) atoms. The maximum atomic E-state index is 12.6. The van der Waals surface area contributed by atoms with E-state index in [0.717, 1.165) is 31.2 Å². The van der Waals surface area contributed by atoms with Crippen molar-refractivity contribution in [2.24, 2.45) is 5.92 Å². The fourth-order valence-corrected chi connectivity index (χ4v) is 4.20. The Morgan fingerprint density at radius 2 is 1.74 bits per heavy atom. The summed E-state index contributed by atoms with van der Waals surface area (Å²) in [5.41, 5.74) is 3.62. The third-order valence-corrected chi connectivity index (χ3v) is 6.19. The molecule has 8 nitrogen and oxygen atoms in total. The molecule has 2 aromatic heterocycles. The summed E-state index contributed by atoms with van der Waals surface area (Å²) in [7, 11) is 0. The normalized spacial score (nSPS) is 14.9. The average molecular weight is 463 g/mol. The van der Waals surface area contributed by atoms with Gasteiger partial charge in [0.2, 0.25) is 11.7 Å². The Kier molecular flexibility index (Phi) is 7.25. The summed E-state index contributed by atoms with van der Waals surface area (Å²) in [5, 5.41) is 9.74. The number of nitrogens with one attached hydrogen (secondary N) is 2. The van der Waals surface area contributed by atoms with E-state index in [0.29, 0.717) is 34.2 Å². The molecular weight excluding hydrogens is 432 g/mol. The minimum atomic E-state index is -0.614. The zero-order valence-electron chi connectivity index (χ0n) is 19.8. The highest BCUT2D eigenvalue weighted by Gasteiger charge is 2.23. The molecule has 178 valence electrons. The SMILES string of the molecule is Cc1nc(-c2onc(C)c2NC(=O)O[C@@H](C)c2ccccc2)ccc1NC(=O)C1CCCCC1. The number of carbonyl (C=O) groups excluding carboxylic acids is 2. The molecule has 8 heteroatoms. The first-order chi connectivity index (χ1) is 16.4. The Morgan fingerprint density at radius 3 is 2.44 bits per heavy atom. The van der Waals surface area contributed by atoms with Gasteiger partial charge >= 0.3 is 6.09 Å². The number of anilines is 2. The summed E-state index contributed by atoms with van der Waals surface area (Å²) in [6, 6.07) is 13.0. The molecule has 1 aliphatic rings. The standard InChI is InChI=1S/C26H30N4O4/c1-16-21(28-25(31)20-12-8-5-9-13-20)14-15-22(27-16)24-23(17(2)30-34-24)29-26(32)33-18(3)19-10-6-4-7-11-19/h4,6-7,10-11,14-15,18,20H,5,8-9,12-13H2,1-3H3,(H,28,31)(H,29,32)/t18-/m0/s1. The molecule has 0 spiro atoms. The second-order valence-electron chi connectivity index (χ2n) is 8.71. The van der Waals surface area contributed by atoms with Gasteiger partial charge in [0.25, 0.3) is 0 Å². The van der Waals surface area contributed by atoms with E-state index in [-0.39, 0.29) is 11.8 Å². The van der Waals surface area contributed by atoms with Gasteiger partial charge in [-0.15, -0.1) is 0 Å². The molecule has 3 aromatic rings. The molecule has 0 saturated heterocycles. The molecule has 2 N–H and O–H groups in total. The first-order valence-corrected chi connectivity index (χ1v) is 11.7. The molecule has 0 unspecified atom stereocenters. The molecule has 1 fully saturated rings. The number of hydrogen-bond acceptors (Lipinski definition) is 6. The van der Waals surface area contributed by atoms with Crippen LogP contribution >= 0.6 is 0 Å². The summed E-state index contributed by atoms with van der Waals surface area (Å²) >= 11 is 0. The molecule has 1 saturated carbocycles. The Balaban J connectivity index is 1.46. The molecule has 1 aliphatic carbocycles. The number of ether oxygens (including phenoxy) is 1. The van der Waals surface area contributed by atoms with Crippen molar-refractivity contribution in [1.29, 1.82) is 0 Å². The van der Waals surface area contributed by atoms with Crippen LogP contribution in [-0.2, 0) is 9.53 Å². The van der Waals surface area contributed by atoms with Crippen LogP contribution in [0.5, 0.6) is 0 Å². The van der Waals surface area contributed by atoms with Gasteiger partial charge in [-0.05, 0) is 51.3 Å². The number of amides is 2. The lowest BCUT2D eigenvalue weighted by atomic mass is 9.88. The maximum absolute atomic E-state index is 12.6. The van der Waals surface area contributed by atoms with Crippen LogP contribution in [-0.4, -0.2) is 22.1 Å². The third-order valence-electron chi connectivity index (χ3n) is 6.19. The lowest BCUT2D eigenvalue weighted by Gasteiger charge is -2.21. The molecule has 1 atom stereocenters. The van der Waals surface area contributed by atoms with Crippen LogP contribution in [0.2, 0.25) is 0 Å². The van der Waals surface area contributed by atoms with Gasteiger partial charge in [-0.1, -0.05) is 54.8 Å². The summed E-state index contributed by atoms with van der Waals surface area (Å²) in [5.74, 6) is 0.436. The summed E-state index contributed by atoms with van der Waals surface area (Å²) < 4.78 is 11.0. The van der Waals surface area contributed by atoms with E-state index in [1.165, 1.54) is 6.42 Å². The van der Waals surface area contributed by atoms with Crippen LogP contribution in [0.3, 0.4) is 0 Å². The van der Waals surface area contributed by atoms with Crippen molar-refractivity contribution in [2.75, 3.05) is 10.6 Å². The highest BCUT2D eigenvalue weighted by molar-refractivity contribution is 5.94. The molecule has 2 amide bonds. The van der Waals surface area contributed by atoms with E-state index in [9.17, 15) is 9.59 Å². The molecule has 4 rings (SSSR count). The number of benzene rings is 1. The predicted octanol–water partition coefficient (Wildman–Crippen LogP) is 6.18. The smallest absolute Gasteiger partial charge is 0.412 e. The molecule has 1 aromatic carbocycles. The van der Waals surface area contributed by atoms with Gasteiger partial charge in [0.05, 0.1) is 11.4 Å². The van der Waals surface area contributed by atoms with Gasteiger partial charge < -0.3 is 14.6 Å². The van der Waals surface area contributed by atoms with Gasteiger partial charge in [-0.2, -0.15) is 0 Å². The van der Waals surface area contributed by atoms with Crippen molar-refractivity contribution in [1.82, 2.24) is 10.1 Å². The molecule has 0 bridgehead atoms. The molecule has 2 heterocycles. The van der Waals surface area contributed by atoms with E-state index < -0.39 is 12.2 Å². The van der Waals surface area contributed by atoms with Crippen molar-refractivity contribution >= 4 is 23.4 Å². The Labute approximate surface area is 199 Å². The highest BCUT2D eigenvalue weighted by Crippen LogP contribution is 2.32. The van der Waals surface area contributed by atoms with Crippen LogP contribution in [0, 0.1) is 19.8 Å². The van der Waals surface area contributed by atoms with Crippen LogP contribution < -0.4 is 10.6 Å². The second-order valence-corrected chi connectivity index (χ2v) is 8.71. The number of nitrogens with zero attached hydrogens (tertiary/aromatic N) is 2. The van der Waals surface area contributed by atoms with E-state index in [2.05, 4.69) is 20.8 Å². The number of aryl methyl sites for hydroxylation is 2. The van der Waals surface area contributed by atoms with Gasteiger partial charge in [-0.25, -0.2) is 9.78 Å². The number of pyridine rings is 1. The summed E-state index contributed by atoms with van der Waals surface area (Å²) in [6.07, 6.45) is 4.23. The lowest BCUT2D eigenvalue weighted by molar-refractivity contribution is -0.120. The topological polar surface area (TPSA) is 106 Å². The Hall–Kier alpha value is -3.68. The van der Waals surface area contributed by atoms with Gasteiger partial charge in [0.15, 0.2) is 0 Å². The Bertz CT molecular complexity index is 1150. The monoisotopic (exact) mass is 462 g/mol. The average Bonchev–Trinajstić information content (AvgIpc) is 3.21. The summed E-state index contributed by atoms with van der Waals surface area (Å²) in [4.78, 5) is 29.8. The Morgan fingerprint density at radius 1 is 1.00 bits per heavy atom. The van der Waals surface area contributed by atoms with Crippen molar-refractivity contribution in [3.05, 3.63) is 59.4 Å². The first-order valence-electron chi connectivity index (χ1n) is 11.7. The zero-order valence-corrected chi connectivity index (χ0v) is 19.8. The number of carbonyl (C=O) groups is 2. The van der Waals surface area contributed by atoms with Crippen molar-refractivity contribution in [3.8, 4) is 11.5 Å². The van der Waals surface area contributed by atoms with Crippen molar-refractivity contribution < 1.29 is 18.8 Å². The quantitative estimate of drug-likeness (QED) is 0.453. The lowest BCUT2D eigenvalue weighted by Crippen LogP contribution is -2.25. The largest absolute Gasteiger partial charge is 0.441 e. The fourth-order valence-electron chi connectivity index (χ4n) is 4.20. The fraction of sp³-hybridized carbons (Fsp3) is 0.385. The van der Waals surface area contributed by atoms with E-state index >= 15 is 0 Å². The molecule has 0 aliphatic heterocycles. The zero-order chi connectivity index (χ0) is 24.1. The van der Waals surface area contributed by atoms with Gasteiger partial charge in [0.1, 0.15) is 23.2 Å². The summed E-state index contributed by atoms with van der Waals surface area (Å²) in [6.45, 7) is 5.36. The van der Waals surface area contributed by atoms with Crippen LogP contribution in [0.15, 0.2) is 47.0 Å². The van der Waals surface area contributed by atoms with Crippen LogP contribution in [0.4, 0.5) is 16.2 Å². The van der Waals surface area contributed by atoms with Gasteiger partial charge in [-0.3, -0.25) is 10.1 Å². The van der Waals surface area contributed by atoms with Crippen molar-refractivity contribution in [3.63, 3.8) is 0 Å². The second kappa shape index (κ2) is 10.5. The maximum Gasteiger partial charge on any atom is 0.412 e. The highest BCUT2D eigenvalue weighted by atomic mass is 16.6. The number of rotatable bonds is 6. The number of aromatic nitrogens is 2. The minimum absolute atomic E-state index is 0.0468. The van der Waals surface area contributed by atoms with E-state index in [4.69, 9.17) is 9.26 Å². The predicted molar refractivity (Wildman–Crippen MR) is 129 cm³/mol. The number of hydrogen-bond donors (Lipinski definition) is 2. The van der Waals surface area contributed by atoms with E-state index in [1.54, 1.807) is 19.1 Å². The van der Waals surface area contributed by atoms with E-state index in [1.807, 2.05) is 44.2 Å². The third kappa shape index (κ3) is 5.44. The molecule has 0 radical (unpaired) electrons. The van der Waals surface area contributed by atoms with Crippen molar-refractivity contribution in [2.45, 2.75) is 59.0 Å². The minimum Gasteiger partial charge on any atom is -0.441 e. The first kappa shape index (κ1) is 23.5.